The molecular weight excluding hydrogens is 431 g/mol. The summed E-state index contributed by atoms with van der Waals surface area (Å²) in [7, 11) is 2.11. The standard InChI is InChI=1S/C27H33FN4O2/c1-30-12-8-27(9-13-30,18-21-4-6-23(28)7-5-21)26(33)32-15-16-34-20-22(19-32)17-24-25-3-2-11-31(25)14-10-29-24/h2-7,10-11,14,22H,8-9,12-13,15-20H2,1H3/t22-/m0/s1. The molecule has 0 saturated carbocycles. The lowest BCUT2D eigenvalue weighted by atomic mass is 9.72. The molecule has 2 aromatic heterocycles. The van der Waals surface area contributed by atoms with Gasteiger partial charge in [-0.25, -0.2) is 4.39 Å². The summed E-state index contributed by atoms with van der Waals surface area (Å²) in [6.07, 6.45) is 8.86. The fourth-order valence-corrected chi connectivity index (χ4v) is 5.49. The third-order valence-corrected chi connectivity index (χ3v) is 7.49. The highest BCUT2D eigenvalue weighted by molar-refractivity contribution is 5.83. The number of carbonyl (C=O) groups is 1. The molecule has 1 amide bonds. The molecule has 2 aliphatic rings. The number of halogens is 1. The fourth-order valence-electron chi connectivity index (χ4n) is 5.49. The highest BCUT2D eigenvalue weighted by Gasteiger charge is 2.43. The molecule has 34 heavy (non-hydrogen) atoms. The predicted molar refractivity (Wildman–Crippen MR) is 129 cm³/mol. The van der Waals surface area contributed by atoms with Crippen LogP contribution in [0.5, 0.6) is 0 Å². The number of likely N-dealkylation sites (tertiary alicyclic amines) is 1. The van der Waals surface area contributed by atoms with E-state index in [1.807, 2.05) is 41.7 Å². The minimum atomic E-state index is -0.459. The van der Waals surface area contributed by atoms with Gasteiger partial charge in [-0.15, -0.1) is 0 Å². The van der Waals surface area contributed by atoms with Gasteiger partial charge < -0.3 is 18.9 Å². The van der Waals surface area contributed by atoms with Gasteiger partial charge in [0.15, 0.2) is 0 Å². The molecule has 0 unspecified atom stereocenters. The molecule has 3 aromatic rings. The van der Waals surface area contributed by atoms with Crippen LogP contribution in [-0.2, 0) is 22.4 Å². The molecule has 6 nitrogen and oxygen atoms in total. The van der Waals surface area contributed by atoms with E-state index in [4.69, 9.17) is 4.74 Å². The van der Waals surface area contributed by atoms with Gasteiger partial charge >= 0.3 is 0 Å². The molecule has 0 N–H and O–H groups in total. The van der Waals surface area contributed by atoms with E-state index in [1.165, 1.54) is 12.1 Å². The second-order valence-corrected chi connectivity index (χ2v) is 9.96. The SMILES string of the molecule is CN1CCC(Cc2ccc(F)cc2)(C(=O)N2CCOC[C@@H](Cc3nccn4cccc34)C2)CC1. The Kier molecular flexibility index (Phi) is 6.66. The van der Waals surface area contributed by atoms with Crippen molar-refractivity contribution in [2.45, 2.75) is 25.7 Å². The minimum absolute atomic E-state index is 0.189. The van der Waals surface area contributed by atoms with Gasteiger partial charge in [-0.1, -0.05) is 12.1 Å². The van der Waals surface area contributed by atoms with Crippen LogP contribution < -0.4 is 0 Å². The molecule has 5 rings (SSSR count). The number of rotatable bonds is 5. The third-order valence-electron chi connectivity index (χ3n) is 7.49. The van der Waals surface area contributed by atoms with Gasteiger partial charge in [-0.2, -0.15) is 0 Å². The Hall–Kier alpha value is -2.77. The summed E-state index contributed by atoms with van der Waals surface area (Å²) in [6.45, 7) is 4.24. The quantitative estimate of drug-likeness (QED) is 0.581. The van der Waals surface area contributed by atoms with Crippen LogP contribution in [-0.4, -0.2) is 71.5 Å². The number of aromatic nitrogens is 2. The number of carbonyl (C=O) groups excluding carboxylic acids is 1. The number of piperidine rings is 1. The van der Waals surface area contributed by atoms with Crippen molar-refractivity contribution in [1.29, 1.82) is 0 Å². The molecule has 7 heteroatoms. The van der Waals surface area contributed by atoms with Crippen molar-refractivity contribution in [2.24, 2.45) is 11.3 Å². The van der Waals surface area contributed by atoms with Crippen LogP contribution in [0.3, 0.4) is 0 Å². The fraction of sp³-hybridized carbons (Fsp3) is 0.481. The van der Waals surface area contributed by atoms with E-state index in [0.717, 1.165) is 49.1 Å². The Bertz CT molecular complexity index is 1120. The largest absolute Gasteiger partial charge is 0.379 e. The lowest BCUT2D eigenvalue weighted by Gasteiger charge is -2.42. The molecule has 1 atom stereocenters. The van der Waals surface area contributed by atoms with Crippen LogP contribution in [0, 0.1) is 17.2 Å². The Morgan fingerprint density at radius 3 is 2.74 bits per heavy atom. The van der Waals surface area contributed by atoms with Gasteiger partial charge in [-0.3, -0.25) is 9.78 Å². The third kappa shape index (κ3) is 4.86. The lowest BCUT2D eigenvalue weighted by Crippen LogP contribution is -2.52. The maximum Gasteiger partial charge on any atom is 0.229 e. The number of amides is 1. The number of hydrogen-bond acceptors (Lipinski definition) is 4. The number of hydrogen-bond donors (Lipinski definition) is 0. The first-order valence-electron chi connectivity index (χ1n) is 12.2. The van der Waals surface area contributed by atoms with E-state index < -0.39 is 5.41 Å². The zero-order valence-corrected chi connectivity index (χ0v) is 19.8. The monoisotopic (exact) mass is 464 g/mol. The second kappa shape index (κ2) is 9.84. The van der Waals surface area contributed by atoms with Crippen molar-refractivity contribution in [3.63, 3.8) is 0 Å². The lowest BCUT2D eigenvalue weighted by molar-refractivity contribution is -0.145. The molecule has 2 saturated heterocycles. The molecule has 4 heterocycles. The van der Waals surface area contributed by atoms with Crippen molar-refractivity contribution in [2.75, 3.05) is 46.4 Å². The van der Waals surface area contributed by atoms with Crippen molar-refractivity contribution in [3.05, 3.63) is 72.1 Å². The number of benzene rings is 1. The summed E-state index contributed by atoms with van der Waals surface area (Å²) >= 11 is 0. The van der Waals surface area contributed by atoms with E-state index in [0.29, 0.717) is 32.7 Å². The van der Waals surface area contributed by atoms with Crippen LogP contribution in [0.4, 0.5) is 4.39 Å². The first-order chi connectivity index (χ1) is 16.5. The molecule has 0 aliphatic carbocycles. The number of fused-ring (bicyclic) bond motifs is 1. The summed E-state index contributed by atoms with van der Waals surface area (Å²) in [5, 5.41) is 0. The maximum atomic E-state index is 14.1. The molecule has 2 fully saturated rings. The van der Waals surface area contributed by atoms with Crippen LogP contribution in [0.15, 0.2) is 55.0 Å². The average Bonchev–Trinajstić information content (AvgIpc) is 3.22. The molecule has 0 radical (unpaired) electrons. The molecule has 0 bridgehead atoms. The van der Waals surface area contributed by atoms with Gasteiger partial charge in [0.1, 0.15) is 5.82 Å². The zero-order valence-electron chi connectivity index (χ0n) is 19.8. The van der Waals surface area contributed by atoms with Crippen LogP contribution in [0.2, 0.25) is 0 Å². The normalized spacial score (nSPS) is 21.5. The Morgan fingerprint density at radius 2 is 1.94 bits per heavy atom. The molecule has 180 valence electrons. The van der Waals surface area contributed by atoms with Crippen LogP contribution in [0.1, 0.15) is 24.1 Å². The van der Waals surface area contributed by atoms with Crippen molar-refractivity contribution < 1.29 is 13.9 Å². The summed E-state index contributed by atoms with van der Waals surface area (Å²) in [5.74, 6) is 0.162. The molecular formula is C27H33FN4O2. The highest BCUT2D eigenvalue weighted by atomic mass is 19.1. The predicted octanol–water partition coefficient (Wildman–Crippen LogP) is 3.45. The molecule has 1 aromatic carbocycles. The van der Waals surface area contributed by atoms with E-state index in [1.54, 1.807) is 0 Å². The topological polar surface area (TPSA) is 50.1 Å². The smallest absolute Gasteiger partial charge is 0.229 e. The van der Waals surface area contributed by atoms with E-state index in [9.17, 15) is 9.18 Å². The van der Waals surface area contributed by atoms with Gasteiger partial charge in [0, 0.05) is 37.6 Å². The first-order valence-corrected chi connectivity index (χ1v) is 12.2. The minimum Gasteiger partial charge on any atom is -0.379 e. The first kappa shape index (κ1) is 23.0. The van der Waals surface area contributed by atoms with Crippen LogP contribution >= 0.6 is 0 Å². The van der Waals surface area contributed by atoms with Gasteiger partial charge in [0.2, 0.25) is 5.91 Å². The van der Waals surface area contributed by atoms with E-state index in [2.05, 4.69) is 27.4 Å². The number of nitrogens with zero attached hydrogens (tertiary/aromatic N) is 4. The van der Waals surface area contributed by atoms with Crippen molar-refractivity contribution in [3.8, 4) is 0 Å². The van der Waals surface area contributed by atoms with Crippen molar-refractivity contribution >= 4 is 11.4 Å². The van der Waals surface area contributed by atoms with E-state index >= 15 is 0 Å². The van der Waals surface area contributed by atoms with Gasteiger partial charge in [0.05, 0.1) is 29.8 Å². The van der Waals surface area contributed by atoms with E-state index in [-0.39, 0.29) is 17.6 Å². The maximum absolute atomic E-state index is 14.1. The second-order valence-electron chi connectivity index (χ2n) is 9.96. The Balaban J connectivity index is 1.36. The summed E-state index contributed by atoms with van der Waals surface area (Å²) < 4.78 is 21.5. The summed E-state index contributed by atoms with van der Waals surface area (Å²) in [6, 6.07) is 10.7. The van der Waals surface area contributed by atoms with Gasteiger partial charge in [-0.05, 0) is 75.6 Å². The summed E-state index contributed by atoms with van der Waals surface area (Å²) in [4.78, 5) is 23.1. The Labute approximate surface area is 200 Å². The zero-order chi connectivity index (χ0) is 23.5. The molecule has 2 aliphatic heterocycles. The average molecular weight is 465 g/mol. The van der Waals surface area contributed by atoms with Crippen molar-refractivity contribution in [1.82, 2.24) is 19.2 Å². The van der Waals surface area contributed by atoms with Crippen LogP contribution in [0.25, 0.3) is 5.52 Å². The highest BCUT2D eigenvalue weighted by Crippen LogP contribution is 2.37. The summed E-state index contributed by atoms with van der Waals surface area (Å²) in [5.41, 5.74) is 2.70. The Morgan fingerprint density at radius 1 is 1.15 bits per heavy atom. The molecule has 0 spiro atoms. The number of ether oxygens (including phenoxy) is 1. The van der Waals surface area contributed by atoms with Gasteiger partial charge in [0.25, 0.3) is 0 Å².